The summed E-state index contributed by atoms with van der Waals surface area (Å²) >= 11 is 6.29. The number of para-hydroxylation sites is 1. The number of hydrogen-bond acceptors (Lipinski definition) is 4. The van der Waals surface area contributed by atoms with Crippen LogP contribution in [-0.2, 0) is 6.54 Å². The average molecular weight is 398 g/mol. The van der Waals surface area contributed by atoms with Crippen LogP contribution in [0.3, 0.4) is 0 Å². The minimum atomic E-state index is -0.0951. The Balaban J connectivity index is 1.71. The van der Waals surface area contributed by atoms with Crippen LogP contribution in [0.4, 0.5) is 0 Å². The van der Waals surface area contributed by atoms with Crippen LogP contribution in [0.15, 0.2) is 47.0 Å². The predicted octanol–water partition coefficient (Wildman–Crippen LogP) is 4.57. The van der Waals surface area contributed by atoms with Gasteiger partial charge in [-0.3, -0.25) is 9.78 Å². The van der Waals surface area contributed by atoms with E-state index in [1.807, 2.05) is 42.2 Å². The average Bonchev–Trinajstić information content (AvgIpc) is 2.89. The molecule has 1 aromatic carbocycles. The van der Waals surface area contributed by atoms with Gasteiger partial charge in [-0.2, -0.15) is 0 Å². The fourth-order valence-electron chi connectivity index (χ4n) is 3.89. The van der Waals surface area contributed by atoms with E-state index in [1.165, 1.54) is 0 Å². The Morgan fingerprint density at radius 2 is 2.14 bits per heavy atom. The number of pyridine rings is 1. The summed E-state index contributed by atoms with van der Waals surface area (Å²) in [6.45, 7) is 4.28. The lowest BCUT2D eigenvalue weighted by Crippen LogP contribution is -2.40. The largest absolute Gasteiger partial charge is 0.449 e. The van der Waals surface area contributed by atoms with Crippen molar-refractivity contribution in [1.82, 2.24) is 15.2 Å². The molecule has 3 heterocycles. The summed E-state index contributed by atoms with van der Waals surface area (Å²) in [5.41, 5.74) is 2.28. The monoisotopic (exact) mass is 397 g/mol. The summed E-state index contributed by atoms with van der Waals surface area (Å²) in [7, 11) is 0. The Morgan fingerprint density at radius 3 is 2.93 bits per heavy atom. The van der Waals surface area contributed by atoms with Gasteiger partial charge in [0.15, 0.2) is 11.3 Å². The third-order valence-corrected chi connectivity index (χ3v) is 5.71. The minimum Gasteiger partial charge on any atom is -0.449 e. The maximum Gasteiger partial charge on any atom is 0.290 e. The van der Waals surface area contributed by atoms with E-state index in [4.69, 9.17) is 16.0 Å². The van der Waals surface area contributed by atoms with Gasteiger partial charge in [0.05, 0.1) is 17.3 Å². The number of fused-ring (bicyclic) bond motifs is 1. The number of rotatable bonds is 4. The third kappa shape index (κ3) is 3.77. The quantitative estimate of drug-likeness (QED) is 0.700. The smallest absolute Gasteiger partial charge is 0.290 e. The highest BCUT2D eigenvalue weighted by atomic mass is 35.5. The van der Waals surface area contributed by atoms with Gasteiger partial charge < -0.3 is 14.6 Å². The van der Waals surface area contributed by atoms with Gasteiger partial charge in [0.2, 0.25) is 0 Å². The zero-order valence-electron chi connectivity index (χ0n) is 16.0. The number of carbonyl (C=O) groups excluding carboxylic acids is 1. The van der Waals surface area contributed by atoms with E-state index in [-0.39, 0.29) is 11.9 Å². The van der Waals surface area contributed by atoms with Gasteiger partial charge in [0.25, 0.3) is 5.91 Å². The van der Waals surface area contributed by atoms with Crippen molar-refractivity contribution in [3.8, 4) is 0 Å². The molecule has 3 aromatic rings. The number of carbonyl (C=O) groups is 1. The number of nitrogens with one attached hydrogen (secondary N) is 1. The molecule has 1 amide bonds. The van der Waals surface area contributed by atoms with Crippen molar-refractivity contribution in [1.29, 1.82) is 0 Å². The van der Waals surface area contributed by atoms with Gasteiger partial charge in [-0.25, -0.2) is 0 Å². The molecule has 146 valence electrons. The van der Waals surface area contributed by atoms with E-state index >= 15 is 0 Å². The Kier molecular flexibility index (Phi) is 5.64. The molecule has 0 saturated carbocycles. The highest BCUT2D eigenvalue weighted by Gasteiger charge is 2.30. The summed E-state index contributed by atoms with van der Waals surface area (Å²) in [6, 6.07) is 11.5. The molecule has 5 nitrogen and oxygen atoms in total. The molecule has 0 radical (unpaired) electrons. The van der Waals surface area contributed by atoms with Gasteiger partial charge in [0.1, 0.15) is 0 Å². The van der Waals surface area contributed by atoms with Crippen LogP contribution in [-0.4, -0.2) is 34.9 Å². The second-order valence-corrected chi connectivity index (χ2v) is 7.67. The summed E-state index contributed by atoms with van der Waals surface area (Å²) in [5.74, 6) is 0.276. The lowest BCUT2D eigenvalue weighted by atomic mass is 10.1. The van der Waals surface area contributed by atoms with Crippen molar-refractivity contribution in [2.75, 3.05) is 13.1 Å². The fraction of sp³-hybridized carbons (Fsp3) is 0.364. The van der Waals surface area contributed by atoms with Crippen LogP contribution >= 0.6 is 11.6 Å². The maximum atomic E-state index is 13.6. The van der Waals surface area contributed by atoms with Crippen LogP contribution in [0.5, 0.6) is 0 Å². The van der Waals surface area contributed by atoms with Crippen LogP contribution in [0, 0.1) is 6.92 Å². The standard InChI is InChI=1S/C22H24ClN3O2/c1-15-18-8-4-9-19(23)21(18)28-20(15)22(27)26(14-16-6-2-3-12-25-16)17-7-5-11-24-13-10-17/h2-4,6,8-9,12,17,24H,5,7,10-11,13-14H2,1H3. The van der Waals surface area contributed by atoms with Crippen molar-refractivity contribution in [2.24, 2.45) is 0 Å². The molecular formula is C22H24ClN3O2. The van der Waals surface area contributed by atoms with Gasteiger partial charge in [-0.1, -0.05) is 29.8 Å². The minimum absolute atomic E-state index is 0.0951. The van der Waals surface area contributed by atoms with Gasteiger partial charge in [-0.05, 0) is 57.5 Å². The molecule has 1 aliphatic rings. The zero-order chi connectivity index (χ0) is 19.5. The first kappa shape index (κ1) is 19.0. The van der Waals surface area contributed by atoms with E-state index < -0.39 is 0 Å². The van der Waals surface area contributed by atoms with E-state index in [2.05, 4.69) is 10.3 Å². The highest BCUT2D eigenvalue weighted by Crippen LogP contribution is 2.32. The number of furan rings is 1. The molecule has 4 rings (SSSR count). The molecule has 1 saturated heterocycles. The number of amides is 1. The van der Waals surface area contributed by atoms with Gasteiger partial charge >= 0.3 is 0 Å². The first-order chi connectivity index (χ1) is 13.6. The summed E-state index contributed by atoms with van der Waals surface area (Å²) in [5, 5.41) is 4.83. The van der Waals surface area contributed by atoms with Crippen LogP contribution in [0.25, 0.3) is 11.0 Å². The molecule has 1 atom stereocenters. The molecule has 1 N–H and O–H groups in total. The lowest BCUT2D eigenvalue weighted by molar-refractivity contribution is 0.0611. The molecule has 28 heavy (non-hydrogen) atoms. The number of aryl methyl sites for hydroxylation is 1. The van der Waals surface area contributed by atoms with Crippen molar-refractivity contribution >= 4 is 28.5 Å². The normalized spacial score (nSPS) is 17.4. The van der Waals surface area contributed by atoms with E-state index in [0.717, 1.165) is 49.0 Å². The first-order valence-electron chi connectivity index (χ1n) is 9.74. The Bertz CT molecular complexity index is 963. The Hall–Kier alpha value is -2.37. The van der Waals surface area contributed by atoms with E-state index in [9.17, 15) is 4.79 Å². The molecule has 0 aliphatic carbocycles. The van der Waals surface area contributed by atoms with Crippen molar-refractivity contribution in [3.05, 3.63) is 64.6 Å². The third-order valence-electron chi connectivity index (χ3n) is 5.42. The second-order valence-electron chi connectivity index (χ2n) is 7.26. The molecule has 1 fully saturated rings. The fourth-order valence-corrected chi connectivity index (χ4v) is 4.10. The maximum absolute atomic E-state index is 13.6. The van der Waals surface area contributed by atoms with E-state index in [0.29, 0.717) is 22.9 Å². The number of halogens is 1. The molecule has 1 unspecified atom stereocenters. The van der Waals surface area contributed by atoms with Crippen molar-refractivity contribution in [2.45, 2.75) is 38.8 Å². The second kappa shape index (κ2) is 8.33. The van der Waals surface area contributed by atoms with Crippen LogP contribution < -0.4 is 5.32 Å². The topological polar surface area (TPSA) is 58.4 Å². The number of nitrogens with zero attached hydrogens (tertiary/aromatic N) is 2. The molecule has 0 spiro atoms. The van der Waals surface area contributed by atoms with Crippen molar-refractivity contribution < 1.29 is 9.21 Å². The Labute approximate surface area is 169 Å². The van der Waals surface area contributed by atoms with E-state index in [1.54, 1.807) is 12.3 Å². The molecular weight excluding hydrogens is 374 g/mol. The Morgan fingerprint density at radius 1 is 1.25 bits per heavy atom. The molecule has 1 aliphatic heterocycles. The first-order valence-corrected chi connectivity index (χ1v) is 10.1. The van der Waals surface area contributed by atoms with Crippen molar-refractivity contribution in [3.63, 3.8) is 0 Å². The van der Waals surface area contributed by atoms with Crippen LogP contribution in [0.2, 0.25) is 5.02 Å². The molecule has 2 aromatic heterocycles. The molecule has 0 bridgehead atoms. The molecule has 6 heteroatoms. The van der Waals surface area contributed by atoms with Gasteiger partial charge in [-0.15, -0.1) is 0 Å². The number of aromatic nitrogens is 1. The summed E-state index contributed by atoms with van der Waals surface area (Å²) < 4.78 is 5.97. The number of benzene rings is 1. The summed E-state index contributed by atoms with van der Waals surface area (Å²) in [6.07, 6.45) is 4.69. The van der Waals surface area contributed by atoms with Crippen LogP contribution in [0.1, 0.15) is 41.1 Å². The number of hydrogen-bond donors (Lipinski definition) is 1. The highest BCUT2D eigenvalue weighted by molar-refractivity contribution is 6.35. The lowest BCUT2D eigenvalue weighted by Gasteiger charge is -2.30. The zero-order valence-corrected chi connectivity index (χ0v) is 16.7. The summed E-state index contributed by atoms with van der Waals surface area (Å²) in [4.78, 5) is 20.0. The SMILES string of the molecule is Cc1c(C(=O)N(Cc2ccccn2)C2CCCNCC2)oc2c(Cl)cccc12. The van der Waals surface area contributed by atoms with Gasteiger partial charge in [0, 0.05) is 23.2 Å². The predicted molar refractivity (Wildman–Crippen MR) is 111 cm³/mol.